The zero-order valence-electron chi connectivity index (χ0n) is 10.1. The number of rotatable bonds is 7. The van der Waals surface area contributed by atoms with E-state index >= 15 is 0 Å². The van der Waals surface area contributed by atoms with E-state index in [4.69, 9.17) is 15.4 Å². The summed E-state index contributed by atoms with van der Waals surface area (Å²) in [5.41, 5.74) is 0. The van der Waals surface area contributed by atoms with E-state index in [2.05, 4.69) is 0 Å². The van der Waals surface area contributed by atoms with Crippen LogP contribution in [0.15, 0.2) is 24.3 Å². The molecule has 0 spiro atoms. The van der Waals surface area contributed by atoms with Gasteiger partial charge in [-0.25, -0.2) is 12.8 Å². The largest absolute Gasteiger partial charge is 0.493 e. The summed E-state index contributed by atoms with van der Waals surface area (Å²) in [5.74, 6) is 0.295. The van der Waals surface area contributed by atoms with E-state index in [0.29, 0.717) is 25.2 Å². The van der Waals surface area contributed by atoms with Crippen molar-refractivity contribution in [1.82, 2.24) is 0 Å². The number of hydrogen-bond acceptors (Lipinski definition) is 3. The molecule has 0 aliphatic carbocycles. The lowest BCUT2D eigenvalue weighted by Gasteiger charge is -2.11. The van der Waals surface area contributed by atoms with Crippen molar-refractivity contribution in [3.63, 3.8) is 0 Å². The van der Waals surface area contributed by atoms with Crippen LogP contribution in [0.1, 0.15) is 19.8 Å². The molecule has 0 aromatic heterocycles. The molecule has 0 radical (unpaired) electrons. The van der Waals surface area contributed by atoms with Crippen LogP contribution in [-0.2, 0) is 9.05 Å². The zero-order valence-corrected chi connectivity index (χ0v) is 11.7. The second-order valence-electron chi connectivity index (χ2n) is 4.23. The van der Waals surface area contributed by atoms with E-state index < -0.39 is 9.05 Å². The molecule has 102 valence electrons. The quantitative estimate of drug-likeness (QED) is 0.725. The molecule has 0 aliphatic heterocycles. The molecule has 0 saturated carbocycles. The van der Waals surface area contributed by atoms with Crippen LogP contribution in [0.4, 0.5) is 4.39 Å². The predicted molar refractivity (Wildman–Crippen MR) is 69.9 cm³/mol. The first-order valence-electron chi connectivity index (χ1n) is 5.67. The molecule has 0 saturated heterocycles. The van der Waals surface area contributed by atoms with Gasteiger partial charge in [-0.05, 0) is 30.9 Å². The van der Waals surface area contributed by atoms with Crippen molar-refractivity contribution in [2.45, 2.75) is 19.8 Å². The molecular weight excluding hydrogens is 279 g/mol. The van der Waals surface area contributed by atoms with Gasteiger partial charge in [0.05, 0.1) is 12.4 Å². The standard InChI is InChI=1S/C12H16ClFO3S/c1-10(6-8-18(13,15)16)5-7-17-12-4-2-3-11(14)9-12/h2-4,9-10H,5-8H2,1H3. The number of benzene rings is 1. The Hall–Kier alpha value is -0.810. The van der Waals surface area contributed by atoms with Gasteiger partial charge in [0.15, 0.2) is 0 Å². The van der Waals surface area contributed by atoms with Crippen molar-refractivity contribution in [2.75, 3.05) is 12.4 Å². The summed E-state index contributed by atoms with van der Waals surface area (Å²) in [6, 6.07) is 5.92. The maximum Gasteiger partial charge on any atom is 0.232 e. The van der Waals surface area contributed by atoms with Crippen molar-refractivity contribution in [2.24, 2.45) is 5.92 Å². The average Bonchev–Trinajstić information content (AvgIpc) is 2.25. The Labute approximate surface area is 111 Å². The Morgan fingerprint density at radius 1 is 1.39 bits per heavy atom. The molecule has 18 heavy (non-hydrogen) atoms. The summed E-state index contributed by atoms with van der Waals surface area (Å²) >= 11 is 0. The molecule has 3 nitrogen and oxygen atoms in total. The van der Waals surface area contributed by atoms with Gasteiger partial charge in [0, 0.05) is 16.7 Å². The second kappa shape index (κ2) is 6.95. The first kappa shape index (κ1) is 15.2. The van der Waals surface area contributed by atoms with E-state index in [0.717, 1.165) is 0 Å². The Kier molecular flexibility index (Phi) is 5.88. The van der Waals surface area contributed by atoms with Crippen molar-refractivity contribution >= 4 is 19.7 Å². The monoisotopic (exact) mass is 294 g/mol. The number of hydrogen-bond donors (Lipinski definition) is 0. The lowest BCUT2D eigenvalue weighted by Crippen LogP contribution is -2.08. The average molecular weight is 295 g/mol. The molecule has 0 N–H and O–H groups in total. The normalized spacial score (nSPS) is 13.3. The molecule has 0 fully saturated rings. The predicted octanol–water partition coefficient (Wildman–Crippen LogP) is 3.19. The highest BCUT2D eigenvalue weighted by atomic mass is 35.7. The molecule has 6 heteroatoms. The highest BCUT2D eigenvalue weighted by molar-refractivity contribution is 8.13. The Morgan fingerprint density at radius 2 is 2.11 bits per heavy atom. The Morgan fingerprint density at radius 3 is 2.72 bits per heavy atom. The second-order valence-corrected chi connectivity index (χ2v) is 7.13. The van der Waals surface area contributed by atoms with E-state index in [9.17, 15) is 12.8 Å². The van der Waals surface area contributed by atoms with Crippen LogP contribution in [0.3, 0.4) is 0 Å². The molecular formula is C12H16ClFO3S. The molecule has 0 heterocycles. The third-order valence-electron chi connectivity index (χ3n) is 2.53. The fraction of sp³-hybridized carbons (Fsp3) is 0.500. The summed E-state index contributed by atoms with van der Waals surface area (Å²) < 4.78 is 39.7. The van der Waals surface area contributed by atoms with Gasteiger partial charge in [-0.3, -0.25) is 0 Å². The Balaban J connectivity index is 2.25. The molecule has 1 atom stereocenters. The molecule has 0 bridgehead atoms. The van der Waals surface area contributed by atoms with Crippen LogP contribution in [0.5, 0.6) is 5.75 Å². The van der Waals surface area contributed by atoms with Crippen LogP contribution in [0, 0.1) is 11.7 Å². The van der Waals surface area contributed by atoms with Gasteiger partial charge in [-0.1, -0.05) is 13.0 Å². The third-order valence-corrected chi connectivity index (χ3v) is 3.72. The summed E-state index contributed by atoms with van der Waals surface area (Å²) in [4.78, 5) is 0. The molecule has 1 unspecified atom stereocenters. The zero-order chi connectivity index (χ0) is 13.6. The number of halogens is 2. The maximum absolute atomic E-state index is 12.8. The lowest BCUT2D eigenvalue weighted by molar-refractivity contribution is 0.281. The topological polar surface area (TPSA) is 43.4 Å². The van der Waals surface area contributed by atoms with Crippen LogP contribution < -0.4 is 4.74 Å². The van der Waals surface area contributed by atoms with Gasteiger partial charge in [0.1, 0.15) is 11.6 Å². The molecule has 0 aliphatic rings. The van der Waals surface area contributed by atoms with Gasteiger partial charge in [-0.2, -0.15) is 0 Å². The van der Waals surface area contributed by atoms with Crippen LogP contribution in [-0.4, -0.2) is 20.8 Å². The summed E-state index contributed by atoms with van der Waals surface area (Å²) in [5, 5.41) is 0. The van der Waals surface area contributed by atoms with E-state index in [1.807, 2.05) is 6.92 Å². The van der Waals surface area contributed by atoms with E-state index in [1.54, 1.807) is 12.1 Å². The van der Waals surface area contributed by atoms with Gasteiger partial charge in [0.25, 0.3) is 0 Å². The van der Waals surface area contributed by atoms with Crippen LogP contribution in [0.2, 0.25) is 0 Å². The van der Waals surface area contributed by atoms with Crippen LogP contribution in [0.25, 0.3) is 0 Å². The summed E-state index contributed by atoms with van der Waals surface area (Å²) in [7, 11) is 1.70. The first-order valence-corrected chi connectivity index (χ1v) is 8.15. The van der Waals surface area contributed by atoms with Crippen molar-refractivity contribution < 1.29 is 17.5 Å². The maximum atomic E-state index is 12.8. The first-order chi connectivity index (χ1) is 8.37. The summed E-state index contributed by atoms with van der Waals surface area (Å²) in [6.07, 6.45) is 1.20. The third kappa shape index (κ3) is 6.81. The van der Waals surface area contributed by atoms with Gasteiger partial charge in [-0.15, -0.1) is 0 Å². The van der Waals surface area contributed by atoms with Crippen LogP contribution >= 0.6 is 10.7 Å². The van der Waals surface area contributed by atoms with Gasteiger partial charge in [0.2, 0.25) is 9.05 Å². The van der Waals surface area contributed by atoms with E-state index in [1.165, 1.54) is 12.1 Å². The SMILES string of the molecule is CC(CCOc1cccc(F)c1)CCS(=O)(=O)Cl. The minimum Gasteiger partial charge on any atom is -0.493 e. The fourth-order valence-corrected chi connectivity index (χ4v) is 2.37. The lowest BCUT2D eigenvalue weighted by atomic mass is 10.1. The summed E-state index contributed by atoms with van der Waals surface area (Å²) in [6.45, 7) is 2.35. The van der Waals surface area contributed by atoms with E-state index in [-0.39, 0.29) is 17.5 Å². The van der Waals surface area contributed by atoms with Crippen molar-refractivity contribution in [1.29, 1.82) is 0 Å². The van der Waals surface area contributed by atoms with Crippen molar-refractivity contribution in [3.05, 3.63) is 30.1 Å². The number of ether oxygens (including phenoxy) is 1. The minimum absolute atomic E-state index is 0.0321. The molecule has 1 aromatic rings. The van der Waals surface area contributed by atoms with Gasteiger partial charge >= 0.3 is 0 Å². The molecule has 1 aromatic carbocycles. The Bertz CT molecular complexity index is 476. The smallest absolute Gasteiger partial charge is 0.232 e. The molecule has 0 amide bonds. The minimum atomic E-state index is -3.42. The highest BCUT2D eigenvalue weighted by Gasteiger charge is 2.09. The highest BCUT2D eigenvalue weighted by Crippen LogP contribution is 2.15. The fourth-order valence-electron chi connectivity index (χ4n) is 1.42. The van der Waals surface area contributed by atoms with Gasteiger partial charge < -0.3 is 4.74 Å². The van der Waals surface area contributed by atoms with Crippen molar-refractivity contribution in [3.8, 4) is 5.75 Å². The molecule has 1 rings (SSSR count).